The molecule has 0 aromatic carbocycles. The molecule has 74 valence electrons. The third-order valence-electron chi connectivity index (χ3n) is 2.31. The van der Waals surface area contributed by atoms with Gasteiger partial charge < -0.3 is 10.0 Å². The molecule has 1 aromatic heterocycles. The third-order valence-corrected chi connectivity index (χ3v) is 3.21. The van der Waals surface area contributed by atoms with Crippen LogP contribution in [-0.4, -0.2) is 36.9 Å². The van der Waals surface area contributed by atoms with Crippen LogP contribution in [0.2, 0.25) is 0 Å². The molecule has 4 nitrogen and oxygen atoms in total. The molecule has 1 atom stereocenters. The van der Waals surface area contributed by atoms with Crippen LogP contribution in [0.4, 0.5) is 5.69 Å². The number of ketones is 1. The number of fused-ring (bicyclic) bond motifs is 1. The van der Waals surface area contributed by atoms with Gasteiger partial charge >= 0.3 is 0 Å². The van der Waals surface area contributed by atoms with Crippen molar-refractivity contribution in [3.63, 3.8) is 0 Å². The predicted octanol–water partition coefficient (Wildman–Crippen LogP) is 0.554. The van der Waals surface area contributed by atoms with E-state index < -0.39 is 6.10 Å². The Labute approximate surface area is 84.8 Å². The van der Waals surface area contributed by atoms with E-state index in [1.165, 1.54) is 11.3 Å². The summed E-state index contributed by atoms with van der Waals surface area (Å²) in [5, 5.41) is 11.2. The van der Waals surface area contributed by atoms with Crippen molar-refractivity contribution in [1.82, 2.24) is 0 Å². The normalized spacial score (nSPS) is 20.9. The fraction of sp³-hybridized carbons (Fsp3) is 0.333. The quantitative estimate of drug-likeness (QED) is 0.689. The first kappa shape index (κ1) is 9.36. The predicted molar refractivity (Wildman–Crippen MR) is 53.3 cm³/mol. The Balaban J connectivity index is 2.59. The summed E-state index contributed by atoms with van der Waals surface area (Å²) in [5.41, 5.74) is 1.11. The second-order valence-electron chi connectivity index (χ2n) is 3.24. The summed E-state index contributed by atoms with van der Waals surface area (Å²) in [6.45, 7) is 0.293. The Morgan fingerprint density at radius 3 is 3.07 bits per heavy atom. The monoisotopic (exact) mass is 211 g/mol. The number of aldehydes is 1. The van der Waals surface area contributed by atoms with Crippen molar-refractivity contribution >= 4 is 29.1 Å². The molecule has 5 heteroatoms. The van der Waals surface area contributed by atoms with Gasteiger partial charge in [-0.1, -0.05) is 0 Å². The second-order valence-corrected chi connectivity index (χ2v) is 4.15. The van der Waals surface area contributed by atoms with Gasteiger partial charge in [-0.2, -0.15) is 0 Å². The average molecular weight is 211 g/mol. The highest BCUT2D eigenvalue weighted by molar-refractivity contribution is 7.12. The molecule has 0 amide bonds. The lowest BCUT2D eigenvalue weighted by atomic mass is 10.0. The fourth-order valence-electron chi connectivity index (χ4n) is 1.59. The molecule has 1 N–H and O–H groups in total. The molecule has 1 unspecified atom stereocenters. The maximum atomic E-state index is 11.6. The maximum absolute atomic E-state index is 11.6. The number of likely N-dealkylation sites (N-methyl/N-ethyl adjacent to an activating group) is 1. The highest BCUT2D eigenvalue weighted by Crippen LogP contribution is 2.33. The third kappa shape index (κ3) is 1.17. The van der Waals surface area contributed by atoms with Gasteiger partial charge in [-0.05, 0) is 0 Å². The van der Waals surface area contributed by atoms with E-state index in [1.54, 1.807) is 17.3 Å². The van der Waals surface area contributed by atoms with Crippen molar-refractivity contribution < 1.29 is 14.7 Å². The van der Waals surface area contributed by atoms with E-state index in [0.717, 1.165) is 5.69 Å². The molecule has 0 spiro atoms. The first-order chi connectivity index (χ1) is 6.65. The maximum Gasteiger partial charge on any atom is 0.196 e. The largest absolute Gasteiger partial charge is 0.383 e. The van der Waals surface area contributed by atoms with Crippen LogP contribution in [0.15, 0.2) is 5.38 Å². The summed E-state index contributed by atoms with van der Waals surface area (Å²) in [6, 6.07) is 0. The smallest absolute Gasteiger partial charge is 0.196 e. The van der Waals surface area contributed by atoms with E-state index in [0.29, 0.717) is 23.3 Å². The Morgan fingerprint density at radius 1 is 1.71 bits per heavy atom. The number of β-amino-alcohol motifs (C(OH)–C–C–N with tert-alkyl or cyclic N) is 1. The molecule has 0 fully saturated rings. The summed E-state index contributed by atoms with van der Waals surface area (Å²) in [7, 11) is 1.79. The van der Waals surface area contributed by atoms with Crippen LogP contribution in [0.1, 0.15) is 20.0 Å². The Hall–Kier alpha value is -1.20. The number of anilines is 1. The Bertz CT molecular complexity index is 399. The second kappa shape index (κ2) is 3.18. The van der Waals surface area contributed by atoms with E-state index in [4.69, 9.17) is 0 Å². The van der Waals surface area contributed by atoms with E-state index >= 15 is 0 Å². The molecule has 0 aliphatic carbocycles. The molecule has 0 bridgehead atoms. The van der Waals surface area contributed by atoms with Gasteiger partial charge in [0, 0.05) is 12.4 Å². The minimum absolute atomic E-state index is 0.293. The van der Waals surface area contributed by atoms with Gasteiger partial charge in [-0.15, -0.1) is 11.3 Å². The standard InChI is InChI=1S/C9H9NO3S/c1-10-2-6(12)9(13)8-5(10)4-14-7(8)3-11/h3-4,6,12H,2H2,1H3. The van der Waals surface area contributed by atoms with Crippen LogP contribution >= 0.6 is 11.3 Å². The van der Waals surface area contributed by atoms with Gasteiger partial charge in [-0.25, -0.2) is 0 Å². The number of aliphatic hydroxyl groups is 1. The molecule has 1 aromatic rings. The molecule has 2 heterocycles. The van der Waals surface area contributed by atoms with Crippen molar-refractivity contribution in [2.24, 2.45) is 0 Å². The molecule has 1 aliphatic heterocycles. The van der Waals surface area contributed by atoms with Gasteiger partial charge in [0.25, 0.3) is 0 Å². The number of Topliss-reactive ketones (excluding diaryl/α,β-unsaturated/α-hetero) is 1. The Kier molecular flexibility index (Phi) is 2.13. The van der Waals surface area contributed by atoms with Crippen molar-refractivity contribution in [2.75, 3.05) is 18.5 Å². The van der Waals surface area contributed by atoms with Gasteiger partial charge in [0.2, 0.25) is 0 Å². The summed E-state index contributed by atoms with van der Waals surface area (Å²) in [5.74, 6) is -0.346. The summed E-state index contributed by atoms with van der Waals surface area (Å²) in [4.78, 5) is 24.4. The van der Waals surface area contributed by atoms with Crippen molar-refractivity contribution in [3.05, 3.63) is 15.8 Å². The van der Waals surface area contributed by atoms with Crippen LogP contribution in [0.25, 0.3) is 0 Å². The minimum atomic E-state index is -1.01. The number of carbonyl (C=O) groups excluding carboxylic acids is 2. The van der Waals surface area contributed by atoms with E-state index in [1.807, 2.05) is 0 Å². The Morgan fingerprint density at radius 2 is 2.43 bits per heavy atom. The van der Waals surface area contributed by atoms with Crippen LogP contribution in [-0.2, 0) is 0 Å². The van der Waals surface area contributed by atoms with Gasteiger partial charge in [-0.3, -0.25) is 9.59 Å². The summed E-state index contributed by atoms with van der Waals surface area (Å²) < 4.78 is 0. The average Bonchev–Trinajstić information content (AvgIpc) is 2.58. The highest BCUT2D eigenvalue weighted by atomic mass is 32.1. The van der Waals surface area contributed by atoms with Crippen LogP contribution in [0.3, 0.4) is 0 Å². The number of aliphatic hydroxyl groups excluding tert-OH is 1. The molecular formula is C9H9NO3S. The number of hydrogen-bond donors (Lipinski definition) is 1. The summed E-state index contributed by atoms with van der Waals surface area (Å²) >= 11 is 1.23. The number of hydrogen-bond acceptors (Lipinski definition) is 5. The van der Waals surface area contributed by atoms with Crippen LogP contribution in [0.5, 0.6) is 0 Å². The van der Waals surface area contributed by atoms with Gasteiger partial charge in [0.15, 0.2) is 12.1 Å². The van der Waals surface area contributed by atoms with Crippen molar-refractivity contribution in [1.29, 1.82) is 0 Å². The lowest BCUT2D eigenvalue weighted by Gasteiger charge is -2.27. The first-order valence-corrected chi connectivity index (χ1v) is 5.03. The minimum Gasteiger partial charge on any atom is -0.383 e. The zero-order valence-electron chi connectivity index (χ0n) is 7.56. The molecule has 0 saturated heterocycles. The van der Waals surface area contributed by atoms with Crippen LogP contribution < -0.4 is 4.90 Å². The van der Waals surface area contributed by atoms with Gasteiger partial charge in [0.05, 0.1) is 22.7 Å². The number of nitrogens with zero attached hydrogens (tertiary/aromatic N) is 1. The van der Waals surface area contributed by atoms with Crippen molar-refractivity contribution in [2.45, 2.75) is 6.10 Å². The molecular weight excluding hydrogens is 202 g/mol. The molecule has 14 heavy (non-hydrogen) atoms. The number of rotatable bonds is 1. The van der Waals surface area contributed by atoms with E-state index in [9.17, 15) is 14.7 Å². The SMILES string of the molecule is CN1CC(O)C(=O)c2c1csc2C=O. The highest BCUT2D eigenvalue weighted by Gasteiger charge is 2.32. The fourth-order valence-corrected chi connectivity index (χ4v) is 2.50. The van der Waals surface area contributed by atoms with Gasteiger partial charge in [0.1, 0.15) is 6.10 Å². The molecule has 2 rings (SSSR count). The topological polar surface area (TPSA) is 57.6 Å². The van der Waals surface area contributed by atoms with E-state index in [2.05, 4.69) is 0 Å². The lowest BCUT2D eigenvalue weighted by molar-refractivity contribution is 0.0747. The van der Waals surface area contributed by atoms with Crippen LogP contribution in [0, 0.1) is 0 Å². The van der Waals surface area contributed by atoms with Crippen molar-refractivity contribution in [3.8, 4) is 0 Å². The van der Waals surface area contributed by atoms with E-state index in [-0.39, 0.29) is 5.78 Å². The zero-order valence-corrected chi connectivity index (χ0v) is 8.37. The molecule has 1 aliphatic rings. The molecule has 0 radical (unpaired) electrons. The number of thiophene rings is 1. The lowest BCUT2D eigenvalue weighted by Crippen LogP contribution is -2.40. The first-order valence-electron chi connectivity index (χ1n) is 4.15. The zero-order chi connectivity index (χ0) is 10.3. The summed E-state index contributed by atoms with van der Waals surface area (Å²) in [6.07, 6.45) is -0.353. The molecule has 0 saturated carbocycles. The number of carbonyl (C=O) groups is 2.